The summed E-state index contributed by atoms with van der Waals surface area (Å²) in [5.74, 6) is 2.38. The Labute approximate surface area is 94.5 Å². The van der Waals surface area contributed by atoms with E-state index < -0.39 is 0 Å². The molecule has 4 nitrogen and oxygen atoms in total. The van der Waals surface area contributed by atoms with E-state index in [0.717, 1.165) is 43.6 Å². The summed E-state index contributed by atoms with van der Waals surface area (Å²) in [5.41, 5.74) is 0. The zero-order valence-corrected chi connectivity index (χ0v) is 8.98. The number of nitrogens with zero attached hydrogens (tertiary/aromatic N) is 1. The molecule has 0 spiro atoms. The molecule has 1 saturated heterocycles. The van der Waals surface area contributed by atoms with Crippen LogP contribution in [-0.2, 0) is 0 Å². The minimum absolute atomic E-state index is 0.779. The quantitative estimate of drug-likeness (QED) is 0.767. The molecule has 1 aromatic carbocycles. The van der Waals surface area contributed by atoms with Gasteiger partial charge in [0.1, 0.15) is 0 Å². The Morgan fingerprint density at radius 2 is 1.81 bits per heavy atom. The Kier molecular flexibility index (Phi) is 2.42. The molecule has 0 aliphatic carbocycles. The Balaban J connectivity index is 1.77. The highest BCUT2D eigenvalue weighted by atomic mass is 16.6. The first-order valence-corrected chi connectivity index (χ1v) is 5.53. The maximum Gasteiger partial charge on any atom is 0.231 e. The summed E-state index contributed by atoms with van der Waals surface area (Å²) in [7, 11) is 0. The Hall–Kier alpha value is -1.68. The van der Waals surface area contributed by atoms with Crippen molar-refractivity contribution < 1.29 is 9.47 Å². The molecule has 1 N–H and O–H groups in total. The van der Waals surface area contributed by atoms with Crippen LogP contribution < -0.4 is 14.8 Å². The summed E-state index contributed by atoms with van der Waals surface area (Å²) in [6, 6.07) is 7.71. The zero-order valence-electron chi connectivity index (χ0n) is 8.98. The van der Waals surface area contributed by atoms with E-state index >= 15 is 0 Å². The average molecular weight is 218 g/mol. The van der Waals surface area contributed by atoms with Gasteiger partial charge in [0, 0.05) is 26.2 Å². The fraction of sp³-hybridized carbons (Fsp3) is 0.333. The third kappa shape index (κ3) is 1.72. The zero-order chi connectivity index (χ0) is 10.8. The fourth-order valence-electron chi connectivity index (χ4n) is 1.91. The van der Waals surface area contributed by atoms with E-state index in [4.69, 9.17) is 9.47 Å². The van der Waals surface area contributed by atoms with Crippen LogP contribution in [0.3, 0.4) is 0 Å². The van der Waals surface area contributed by atoms with E-state index in [1.54, 1.807) is 6.26 Å². The first kappa shape index (κ1) is 9.54. The molecule has 0 bridgehead atoms. The Morgan fingerprint density at radius 3 is 2.62 bits per heavy atom. The highest BCUT2D eigenvalue weighted by Gasteiger charge is 2.20. The molecule has 84 valence electrons. The van der Waals surface area contributed by atoms with E-state index in [9.17, 15) is 0 Å². The average Bonchev–Trinajstić information content (AvgIpc) is 2.39. The molecule has 2 aliphatic heterocycles. The minimum Gasteiger partial charge on any atom is -0.455 e. The summed E-state index contributed by atoms with van der Waals surface area (Å²) in [4.78, 5) is 2.19. The monoisotopic (exact) mass is 218 g/mol. The lowest BCUT2D eigenvalue weighted by atomic mass is 10.3. The van der Waals surface area contributed by atoms with Gasteiger partial charge in [-0.2, -0.15) is 0 Å². The van der Waals surface area contributed by atoms with Gasteiger partial charge in [-0.15, -0.1) is 0 Å². The first-order valence-electron chi connectivity index (χ1n) is 5.53. The van der Waals surface area contributed by atoms with Crippen molar-refractivity contribution in [3.8, 4) is 11.5 Å². The SMILES string of the molecule is C1=C(N2CCNCC2)Oc2ccccc2O1. The molecule has 4 heteroatoms. The van der Waals surface area contributed by atoms with Gasteiger partial charge in [-0.05, 0) is 12.1 Å². The second-order valence-electron chi connectivity index (χ2n) is 3.86. The third-order valence-corrected chi connectivity index (χ3v) is 2.78. The van der Waals surface area contributed by atoms with Crippen molar-refractivity contribution in [1.29, 1.82) is 0 Å². The van der Waals surface area contributed by atoms with Crippen molar-refractivity contribution in [3.05, 3.63) is 36.4 Å². The Morgan fingerprint density at radius 1 is 1.06 bits per heavy atom. The maximum absolute atomic E-state index is 5.81. The molecule has 1 fully saturated rings. The highest BCUT2D eigenvalue weighted by molar-refractivity contribution is 5.42. The number of hydrogen-bond donors (Lipinski definition) is 1. The lowest BCUT2D eigenvalue weighted by molar-refractivity contribution is 0.168. The van der Waals surface area contributed by atoms with Crippen LogP contribution in [0.5, 0.6) is 11.5 Å². The van der Waals surface area contributed by atoms with Crippen molar-refractivity contribution in [3.63, 3.8) is 0 Å². The van der Waals surface area contributed by atoms with Crippen LogP contribution in [0, 0.1) is 0 Å². The minimum atomic E-state index is 0.779. The number of nitrogens with one attached hydrogen (secondary N) is 1. The number of fused-ring (bicyclic) bond motifs is 1. The van der Waals surface area contributed by atoms with Gasteiger partial charge in [-0.25, -0.2) is 0 Å². The smallest absolute Gasteiger partial charge is 0.231 e. The normalized spacial score (nSPS) is 19.2. The van der Waals surface area contributed by atoms with Crippen LogP contribution in [0.2, 0.25) is 0 Å². The topological polar surface area (TPSA) is 33.7 Å². The Bertz CT molecular complexity index is 411. The van der Waals surface area contributed by atoms with Crippen molar-refractivity contribution in [1.82, 2.24) is 10.2 Å². The summed E-state index contributed by atoms with van der Waals surface area (Å²) in [6.07, 6.45) is 1.69. The molecule has 0 aromatic heterocycles. The second-order valence-corrected chi connectivity index (χ2v) is 3.86. The van der Waals surface area contributed by atoms with Gasteiger partial charge in [0.05, 0.1) is 0 Å². The molecule has 16 heavy (non-hydrogen) atoms. The molecule has 2 aliphatic rings. The van der Waals surface area contributed by atoms with Gasteiger partial charge in [-0.1, -0.05) is 12.1 Å². The van der Waals surface area contributed by atoms with E-state index in [0.29, 0.717) is 0 Å². The fourth-order valence-corrected chi connectivity index (χ4v) is 1.91. The number of ether oxygens (including phenoxy) is 2. The predicted octanol–water partition coefficient (Wildman–Crippen LogP) is 1.16. The van der Waals surface area contributed by atoms with Gasteiger partial charge in [0.15, 0.2) is 17.8 Å². The van der Waals surface area contributed by atoms with E-state index in [2.05, 4.69) is 10.2 Å². The van der Waals surface area contributed by atoms with Crippen molar-refractivity contribution >= 4 is 0 Å². The highest BCUT2D eigenvalue weighted by Crippen LogP contribution is 2.32. The molecule has 0 atom stereocenters. The van der Waals surface area contributed by atoms with Crippen molar-refractivity contribution in [2.75, 3.05) is 26.2 Å². The van der Waals surface area contributed by atoms with Crippen molar-refractivity contribution in [2.45, 2.75) is 0 Å². The molecule has 3 rings (SSSR count). The second kappa shape index (κ2) is 4.06. The maximum atomic E-state index is 5.81. The van der Waals surface area contributed by atoms with Gasteiger partial charge in [0.25, 0.3) is 0 Å². The largest absolute Gasteiger partial charge is 0.455 e. The van der Waals surface area contributed by atoms with Crippen LogP contribution in [-0.4, -0.2) is 31.1 Å². The van der Waals surface area contributed by atoms with Gasteiger partial charge >= 0.3 is 0 Å². The number of hydrogen-bond acceptors (Lipinski definition) is 4. The standard InChI is InChI=1S/C12H14N2O2/c1-2-4-11-10(3-1)15-9-12(16-11)14-7-5-13-6-8-14/h1-4,9,13H,5-8H2. The third-order valence-electron chi connectivity index (χ3n) is 2.78. The van der Waals surface area contributed by atoms with E-state index in [1.165, 1.54) is 0 Å². The van der Waals surface area contributed by atoms with Crippen LogP contribution in [0.15, 0.2) is 36.4 Å². The van der Waals surface area contributed by atoms with E-state index in [1.807, 2.05) is 24.3 Å². The summed E-state index contributed by atoms with van der Waals surface area (Å²) < 4.78 is 11.3. The number of para-hydroxylation sites is 2. The van der Waals surface area contributed by atoms with Crippen LogP contribution in [0.4, 0.5) is 0 Å². The summed E-state index contributed by atoms with van der Waals surface area (Å²) in [6.45, 7) is 3.89. The van der Waals surface area contributed by atoms with Crippen LogP contribution >= 0.6 is 0 Å². The molecule has 0 radical (unpaired) electrons. The predicted molar refractivity (Wildman–Crippen MR) is 60.2 cm³/mol. The lowest BCUT2D eigenvalue weighted by Gasteiger charge is -2.32. The van der Waals surface area contributed by atoms with Crippen LogP contribution in [0.25, 0.3) is 0 Å². The molecule has 0 amide bonds. The molecular formula is C12H14N2O2. The lowest BCUT2D eigenvalue weighted by Crippen LogP contribution is -2.44. The van der Waals surface area contributed by atoms with Gasteiger partial charge in [-0.3, -0.25) is 0 Å². The summed E-state index contributed by atoms with van der Waals surface area (Å²) in [5, 5.41) is 3.31. The van der Waals surface area contributed by atoms with Crippen molar-refractivity contribution in [2.24, 2.45) is 0 Å². The van der Waals surface area contributed by atoms with Crippen LogP contribution in [0.1, 0.15) is 0 Å². The molecule has 1 aromatic rings. The molecule has 2 heterocycles. The number of piperazine rings is 1. The summed E-state index contributed by atoms with van der Waals surface area (Å²) >= 11 is 0. The van der Waals surface area contributed by atoms with Gasteiger partial charge < -0.3 is 19.7 Å². The molecule has 0 saturated carbocycles. The number of benzene rings is 1. The van der Waals surface area contributed by atoms with E-state index in [-0.39, 0.29) is 0 Å². The number of rotatable bonds is 1. The first-order chi connectivity index (χ1) is 7.93. The molecular weight excluding hydrogens is 204 g/mol. The molecule has 0 unspecified atom stereocenters. The van der Waals surface area contributed by atoms with Gasteiger partial charge in [0.2, 0.25) is 5.88 Å².